The minimum atomic E-state index is -0.478. The maximum absolute atomic E-state index is 10.5. The van der Waals surface area contributed by atoms with Crippen LogP contribution in [0.1, 0.15) is 43.0 Å². The van der Waals surface area contributed by atoms with E-state index in [2.05, 4.69) is 11.2 Å². The first kappa shape index (κ1) is 13.2. The van der Waals surface area contributed by atoms with Crippen LogP contribution in [0.3, 0.4) is 0 Å². The Hall–Kier alpha value is -1.81. The summed E-state index contributed by atoms with van der Waals surface area (Å²) >= 11 is 0. The summed E-state index contributed by atoms with van der Waals surface area (Å²) in [7, 11) is 0. The average molecular weight is 272 g/mol. The van der Waals surface area contributed by atoms with Crippen LogP contribution in [0.5, 0.6) is 5.75 Å². The van der Waals surface area contributed by atoms with Crippen molar-refractivity contribution in [3.05, 3.63) is 47.8 Å². The second kappa shape index (κ2) is 5.67. The first-order valence-electron chi connectivity index (χ1n) is 7.21. The molecule has 1 N–H and O–H groups in total. The highest BCUT2D eigenvalue weighted by atomic mass is 16.5. The van der Waals surface area contributed by atoms with Crippen molar-refractivity contribution >= 4 is 0 Å². The van der Waals surface area contributed by atoms with Crippen LogP contribution in [0.4, 0.5) is 0 Å². The van der Waals surface area contributed by atoms with Crippen molar-refractivity contribution in [3.63, 3.8) is 0 Å². The van der Waals surface area contributed by atoms with Gasteiger partial charge in [0, 0.05) is 12.7 Å². The second-order valence-electron chi connectivity index (χ2n) is 5.20. The van der Waals surface area contributed by atoms with Crippen molar-refractivity contribution in [3.8, 4) is 5.75 Å². The second-order valence-corrected chi connectivity index (χ2v) is 5.20. The van der Waals surface area contributed by atoms with Crippen molar-refractivity contribution in [2.45, 2.75) is 38.3 Å². The molecule has 3 rings (SSSR count). The van der Waals surface area contributed by atoms with E-state index in [1.165, 1.54) is 5.56 Å². The summed E-state index contributed by atoms with van der Waals surface area (Å²) in [5.41, 5.74) is 2.11. The number of fused-ring (bicyclic) bond motifs is 1. The lowest BCUT2D eigenvalue weighted by molar-refractivity contribution is 0.136. The quantitative estimate of drug-likeness (QED) is 0.931. The molecule has 20 heavy (non-hydrogen) atoms. The van der Waals surface area contributed by atoms with E-state index in [1.807, 2.05) is 35.9 Å². The first-order chi connectivity index (χ1) is 9.79. The van der Waals surface area contributed by atoms with Crippen LogP contribution in [0.25, 0.3) is 0 Å². The Morgan fingerprint density at radius 3 is 3.10 bits per heavy atom. The van der Waals surface area contributed by atoms with Crippen molar-refractivity contribution in [1.82, 2.24) is 9.78 Å². The van der Waals surface area contributed by atoms with E-state index in [-0.39, 0.29) is 0 Å². The molecule has 1 aliphatic rings. The molecule has 1 aliphatic heterocycles. The maximum atomic E-state index is 10.5. The van der Waals surface area contributed by atoms with Gasteiger partial charge in [-0.15, -0.1) is 0 Å². The van der Waals surface area contributed by atoms with Gasteiger partial charge in [0.1, 0.15) is 5.75 Å². The van der Waals surface area contributed by atoms with Crippen molar-refractivity contribution < 1.29 is 9.84 Å². The number of aryl methyl sites for hydroxylation is 1. The number of ether oxygens (including phenoxy) is 1. The highest BCUT2D eigenvalue weighted by Crippen LogP contribution is 2.38. The fourth-order valence-corrected chi connectivity index (χ4v) is 2.94. The molecule has 0 amide bonds. The third kappa shape index (κ3) is 2.43. The predicted molar refractivity (Wildman–Crippen MR) is 76.8 cm³/mol. The van der Waals surface area contributed by atoms with Gasteiger partial charge in [0.25, 0.3) is 0 Å². The molecular formula is C16H20N2O2. The number of aliphatic hydroxyl groups is 1. The minimum absolute atomic E-state index is 0.343. The molecule has 2 aromatic rings. The highest BCUT2D eigenvalue weighted by Gasteiger charge is 2.25. The normalized spacial score (nSPS) is 19.2. The Bertz CT molecular complexity index is 579. The third-order valence-electron chi connectivity index (χ3n) is 3.98. The Balaban J connectivity index is 1.79. The predicted octanol–water partition coefficient (Wildman–Crippen LogP) is 2.89. The molecule has 0 saturated heterocycles. The summed E-state index contributed by atoms with van der Waals surface area (Å²) < 4.78 is 7.53. The zero-order chi connectivity index (χ0) is 13.9. The van der Waals surface area contributed by atoms with Crippen LogP contribution in [0, 0.1) is 0 Å². The van der Waals surface area contributed by atoms with Gasteiger partial charge in [0.2, 0.25) is 0 Å². The number of para-hydroxylation sites is 1. The van der Waals surface area contributed by atoms with E-state index in [9.17, 15) is 5.11 Å². The summed E-state index contributed by atoms with van der Waals surface area (Å²) in [5, 5.41) is 14.7. The Labute approximate surface area is 119 Å². The van der Waals surface area contributed by atoms with Crippen LogP contribution < -0.4 is 4.74 Å². The molecule has 106 valence electrons. The lowest BCUT2D eigenvalue weighted by atomic mass is 9.87. The topological polar surface area (TPSA) is 47.3 Å². The first-order valence-corrected chi connectivity index (χ1v) is 7.21. The van der Waals surface area contributed by atoms with E-state index in [1.54, 1.807) is 6.20 Å². The van der Waals surface area contributed by atoms with E-state index in [0.717, 1.165) is 31.0 Å². The molecule has 4 nitrogen and oxygen atoms in total. The molecule has 2 atom stereocenters. The average Bonchev–Trinajstić information content (AvgIpc) is 2.96. The molecule has 0 aliphatic carbocycles. The van der Waals surface area contributed by atoms with E-state index in [0.29, 0.717) is 12.3 Å². The van der Waals surface area contributed by atoms with Crippen LogP contribution in [-0.2, 0) is 6.54 Å². The van der Waals surface area contributed by atoms with Crippen LogP contribution in [0.15, 0.2) is 36.5 Å². The van der Waals surface area contributed by atoms with Gasteiger partial charge in [0.15, 0.2) is 0 Å². The zero-order valence-electron chi connectivity index (χ0n) is 11.7. The summed E-state index contributed by atoms with van der Waals surface area (Å²) in [6.07, 6.45) is 2.94. The summed E-state index contributed by atoms with van der Waals surface area (Å²) in [6.45, 7) is 3.54. The molecule has 0 saturated carbocycles. The van der Waals surface area contributed by atoms with E-state index < -0.39 is 6.10 Å². The van der Waals surface area contributed by atoms with Gasteiger partial charge in [-0.05, 0) is 43.4 Å². The molecule has 0 bridgehead atoms. The Morgan fingerprint density at radius 2 is 2.25 bits per heavy atom. The smallest absolute Gasteiger partial charge is 0.122 e. The van der Waals surface area contributed by atoms with Crippen LogP contribution in [0.2, 0.25) is 0 Å². The van der Waals surface area contributed by atoms with Crippen molar-refractivity contribution in [2.24, 2.45) is 0 Å². The number of hydrogen-bond acceptors (Lipinski definition) is 3. The molecule has 2 heterocycles. The largest absolute Gasteiger partial charge is 0.493 e. The highest BCUT2D eigenvalue weighted by molar-refractivity contribution is 5.37. The van der Waals surface area contributed by atoms with Gasteiger partial charge in [-0.1, -0.05) is 18.2 Å². The van der Waals surface area contributed by atoms with Crippen molar-refractivity contribution in [2.75, 3.05) is 6.61 Å². The zero-order valence-corrected chi connectivity index (χ0v) is 11.7. The molecular weight excluding hydrogens is 252 g/mol. The summed E-state index contributed by atoms with van der Waals surface area (Å²) in [6, 6.07) is 10.0. The van der Waals surface area contributed by atoms with Gasteiger partial charge in [0.05, 0.1) is 18.4 Å². The lowest BCUT2D eigenvalue weighted by Gasteiger charge is -2.27. The Morgan fingerprint density at radius 1 is 1.40 bits per heavy atom. The van der Waals surface area contributed by atoms with Gasteiger partial charge in [-0.25, -0.2) is 0 Å². The molecule has 2 unspecified atom stereocenters. The standard InChI is InChI=1S/C16H20N2O2/c1-2-18-14(7-9-17-18)15(19)11-12-8-10-20-16-6-4-3-5-13(12)16/h3-7,9,12,15,19H,2,8,10-11H2,1H3. The number of aromatic nitrogens is 2. The fourth-order valence-electron chi connectivity index (χ4n) is 2.94. The van der Waals surface area contributed by atoms with Crippen LogP contribution >= 0.6 is 0 Å². The molecule has 0 spiro atoms. The minimum Gasteiger partial charge on any atom is -0.493 e. The number of aliphatic hydroxyl groups excluding tert-OH is 1. The SMILES string of the molecule is CCn1nccc1C(O)CC1CCOc2ccccc21. The number of benzene rings is 1. The molecule has 1 aromatic heterocycles. The van der Waals surface area contributed by atoms with Crippen LogP contribution in [-0.4, -0.2) is 21.5 Å². The molecule has 1 aromatic carbocycles. The van der Waals surface area contributed by atoms with E-state index >= 15 is 0 Å². The lowest BCUT2D eigenvalue weighted by Crippen LogP contribution is -2.17. The van der Waals surface area contributed by atoms with Gasteiger partial charge < -0.3 is 9.84 Å². The number of nitrogens with zero attached hydrogens (tertiary/aromatic N) is 2. The molecule has 0 fully saturated rings. The van der Waals surface area contributed by atoms with Gasteiger partial charge in [-0.3, -0.25) is 4.68 Å². The molecule has 4 heteroatoms. The summed E-state index contributed by atoms with van der Waals surface area (Å²) in [5.74, 6) is 1.30. The van der Waals surface area contributed by atoms with Gasteiger partial charge >= 0.3 is 0 Å². The molecule has 0 radical (unpaired) electrons. The number of rotatable bonds is 4. The maximum Gasteiger partial charge on any atom is 0.122 e. The van der Waals surface area contributed by atoms with E-state index in [4.69, 9.17) is 4.74 Å². The Kier molecular flexibility index (Phi) is 3.74. The van der Waals surface area contributed by atoms with Gasteiger partial charge in [-0.2, -0.15) is 5.10 Å². The fraction of sp³-hybridized carbons (Fsp3) is 0.438. The third-order valence-corrected chi connectivity index (χ3v) is 3.98. The number of hydrogen-bond donors (Lipinski definition) is 1. The monoisotopic (exact) mass is 272 g/mol. The van der Waals surface area contributed by atoms with Crippen molar-refractivity contribution in [1.29, 1.82) is 0 Å². The summed E-state index contributed by atoms with van der Waals surface area (Å²) in [4.78, 5) is 0.